The van der Waals surface area contributed by atoms with Crippen LogP contribution in [0.3, 0.4) is 0 Å². The van der Waals surface area contributed by atoms with Gasteiger partial charge < -0.3 is 19.8 Å². The molecule has 0 aromatic carbocycles. The van der Waals surface area contributed by atoms with Gasteiger partial charge in [-0.1, -0.05) is 6.92 Å². The fraction of sp³-hybridized carbons (Fsp3) is 0.846. The second kappa shape index (κ2) is 5.36. The summed E-state index contributed by atoms with van der Waals surface area (Å²) >= 11 is 0. The molecule has 2 amide bonds. The zero-order chi connectivity index (χ0) is 14.0. The van der Waals surface area contributed by atoms with Gasteiger partial charge in [-0.3, -0.25) is 4.79 Å². The minimum atomic E-state index is -0.807. The number of carboxylic acid groups (broad SMARTS) is 1. The zero-order valence-corrected chi connectivity index (χ0v) is 11.8. The summed E-state index contributed by atoms with van der Waals surface area (Å²) in [6.07, 6.45) is 0.545. The average molecular weight is 269 g/mol. The third kappa shape index (κ3) is 2.83. The molecular weight excluding hydrogens is 246 g/mol. The van der Waals surface area contributed by atoms with Crippen molar-refractivity contribution < 1.29 is 14.7 Å². The molecule has 0 saturated carbocycles. The van der Waals surface area contributed by atoms with Crippen molar-refractivity contribution in [2.75, 3.05) is 45.8 Å². The minimum Gasteiger partial charge on any atom is -0.481 e. The molecule has 108 valence electrons. The van der Waals surface area contributed by atoms with Gasteiger partial charge in [-0.05, 0) is 19.9 Å². The lowest BCUT2D eigenvalue weighted by Gasteiger charge is -2.36. The lowest BCUT2D eigenvalue weighted by atomic mass is 9.90. The van der Waals surface area contributed by atoms with Crippen LogP contribution in [0.5, 0.6) is 0 Å². The van der Waals surface area contributed by atoms with Crippen LogP contribution in [0, 0.1) is 5.41 Å². The molecule has 0 aliphatic carbocycles. The largest absolute Gasteiger partial charge is 0.481 e. The van der Waals surface area contributed by atoms with E-state index >= 15 is 0 Å². The number of rotatable bonds is 2. The van der Waals surface area contributed by atoms with Crippen LogP contribution in [0.4, 0.5) is 4.79 Å². The number of carbonyl (C=O) groups excluding carboxylic acids is 1. The molecule has 2 heterocycles. The van der Waals surface area contributed by atoms with Crippen molar-refractivity contribution in [1.82, 2.24) is 14.7 Å². The summed E-state index contributed by atoms with van der Waals surface area (Å²) in [5, 5.41) is 9.19. The van der Waals surface area contributed by atoms with E-state index < -0.39 is 11.4 Å². The van der Waals surface area contributed by atoms with Gasteiger partial charge in [0.2, 0.25) is 0 Å². The fourth-order valence-corrected chi connectivity index (χ4v) is 2.75. The van der Waals surface area contributed by atoms with Crippen LogP contribution >= 0.6 is 0 Å². The van der Waals surface area contributed by atoms with Gasteiger partial charge >= 0.3 is 12.0 Å². The van der Waals surface area contributed by atoms with Crippen LogP contribution in [-0.4, -0.2) is 77.6 Å². The molecule has 2 aliphatic rings. The first-order valence-electron chi connectivity index (χ1n) is 6.96. The monoisotopic (exact) mass is 269 g/mol. The summed E-state index contributed by atoms with van der Waals surface area (Å²) in [6, 6.07) is 0.000674. The first-order chi connectivity index (χ1) is 8.96. The van der Waals surface area contributed by atoms with E-state index in [9.17, 15) is 14.7 Å². The Bertz CT molecular complexity index is 366. The summed E-state index contributed by atoms with van der Waals surface area (Å²) < 4.78 is 0. The maximum absolute atomic E-state index is 12.3. The van der Waals surface area contributed by atoms with Crippen LogP contribution in [0.15, 0.2) is 0 Å². The van der Waals surface area contributed by atoms with Crippen molar-refractivity contribution in [3.05, 3.63) is 0 Å². The molecule has 0 bridgehead atoms. The summed E-state index contributed by atoms with van der Waals surface area (Å²) in [7, 11) is 0. The standard InChI is InChI=1S/C13H23N3O3/c1-3-14-6-8-15(9-7-14)12(19)16-5-4-13(2,10-16)11(17)18/h3-10H2,1-2H3,(H,17,18). The fourth-order valence-electron chi connectivity index (χ4n) is 2.75. The Balaban J connectivity index is 1.90. The van der Waals surface area contributed by atoms with Crippen LogP contribution in [0.25, 0.3) is 0 Å². The quantitative estimate of drug-likeness (QED) is 0.794. The van der Waals surface area contributed by atoms with Gasteiger partial charge in [0.25, 0.3) is 0 Å². The van der Waals surface area contributed by atoms with Gasteiger partial charge in [0, 0.05) is 39.3 Å². The lowest BCUT2D eigenvalue weighted by molar-refractivity contribution is -0.147. The van der Waals surface area contributed by atoms with Crippen LogP contribution in [0.2, 0.25) is 0 Å². The van der Waals surface area contributed by atoms with E-state index in [2.05, 4.69) is 11.8 Å². The number of nitrogens with zero attached hydrogens (tertiary/aromatic N) is 3. The molecule has 2 aliphatic heterocycles. The highest BCUT2D eigenvalue weighted by Crippen LogP contribution is 2.30. The highest BCUT2D eigenvalue weighted by atomic mass is 16.4. The second-order valence-electron chi connectivity index (χ2n) is 5.74. The number of carbonyl (C=O) groups is 2. The molecule has 19 heavy (non-hydrogen) atoms. The molecule has 2 rings (SSSR count). The summed E-state index contributed by atoms with van der Waals surface area (Å²) in [5.74, 6) is -0.807. The lowest BCUT2D eigenvalue weighted by Crippen LogP contribution is -2.52. The van der Waals surface area contributed by atoms with Crippen LogP contribution < -0.4 is 0 Å². The number of likely N-dealkylation sites (N-methyl/N-ethyl adjacent to an activating group) is 1. The number of carboxylic acids is 1. The molecule has 1 atom stereocenters. The van der Waals surface area contributed by atoms with Crippen molar-refractivity contribution in [3.8, 4) is 0 Å². The van der Waals surface area contributed by atoms with E-state index in [0.29, 0.717) is 19.5 Å². The number of piperazine rings is 1. The summed E-state index contributed by atoms with van der Waals surface area (Å²) in [5.41, 5.74) is -0.777. The number of hydrogen-bond acceptors (Lipinski definition) is 3. The maximum Gasteiger partial charge on any atom is 0.320 e. The Morgan fingerprint density at radius 2 is 1.74 bits per heavy atom. The molecule has 1 unspecified atom stereocenters. The Kier molecular flexibility index (Phi) is 3.99. The van der Waals surface area contributed by atoms with Crippen LogP contribution in [-0.2, 0) is 4.79 Å². The first-order valence-corrected chi connectivity index (χ1v) is 6.96. The molecule has 0 aromatic heterocycles. The number of aliphatic carboxylic acids is 1. The Labute approximate surface area is 114 Å². The molecule has 0 aromatic rings. The molecule has 6 heteroatoms. The zero-order valence-electron chi connectivity index (χ0n) is 11.8. The summed E-state index contributed by atoms with van der Waals surface area (Å²) in [6.45, 7) is 9.04. The molecule has 0 radical (unpaired) electrons. The second-order valence-corrected chi connectivity index (χ2v) is 5.74. The molecule has 2 saturated heterocycles. The van der Waals surface area contributed by atoms with Crippen molar-refractivity contribution in [2.45, 2.75) is 20.3 Å². The smallest absolute Gasteiger partial charge is 0.320 e. The minimum absolute atomic E-state index is 0.000674. The Morgan fingerprint density at radius 1 is 1.11 bits per heavy atom. The van der Waals surface area contributed by atoms with E-state index in [-0.39, 0.29) is 6.03 Å². The van der Waals surface area contributed by atoms with Gasteiger partial charge in [0.1, 0.15) is 0 Å². The molecular formula is C13H23N3O3. The normalized spacial score (nSPS) is 28.7. The Hall–Kier alpha value is -1.30. The van der Waals surface area contributed by atoms with E-state index in [0.717, 1.165) is 32.7 Å². The predicted octanol–water partition coefficient (Wildman–Crippen LogP) is 0.540. The molecule has 2 fully saturated rings. The van der Waals surface area contributed by atoms with E-state index in [1.807, 2.05) is 4.90 Å². The van der Waals surface area contributed by atoms with Gasteiger partial charge in [-0.2, -0.15) is 0 Å². The van der Waals surface area contributed by atoms with Crippen molar-refractivity contribution in [3.63, 3.8) is 0 Å². The average Bonchev–Trinajstić information content (AvgIpc) is 2.82. The third-order valence-electron chi connectivity index (χ3n) is 4.35. The topological polar surface area (TPSA) is 64.1 Å². The van der Waals surface area contributed by atoms with Gasteiger partial charge in [0.15, 0.2) is 0 Å². The highest BCUT2D eigenvalue weighted by molar-refractivity contribution is 5.79. The van der Waals surface area contributed by atoms with Gasteiger partial charge in [-0.15, -0.1) is 0 Å². The first kappa shape index (κ1) is 14.1. The van der Waals surface area contributed by atoms with Gasteiger partial charge in [0.05, 0.1) is 5.41 Å². The van der Waals surface area contributed by atoms with E-state index in [1.54, 1.807) is 11.8 Å². The van der Waals surface area contributed by atoms with E-state index in [1.165, 1.54) is 0 Å². The number of amides is 2. The molecule has 1 N–H and O–H groups in total. The molecule has 0 spiro atoms. The number of hydrogen-bond donors (Lipinski definition) is 1. The summed E-state index contributed by atoms with van der Waals surface area (Å²) in [4.78, 5) is 29.4. The highest BCUT2D eigenvalue weighted by Gasteiger charge is 2.43. The van der Waals surface area contributed by atoms with E-state index in [4.69, 9.17) is 0 Å². The maximum atomic E-state index is 12.3. The van der Waals surface area contributed by atoms with Gasteiger partial charge in [-0.25, -0.2) is 4.79 Å². The Morgan fingerprint density at radius 3 is 2.21 bits per heavy atom. The third-order valence-corrected chi connectivity index (χ3v) is 4.35. The molecule has 6 nitrogen and oxygen atoms in total. The number of likely N-dealkylation sites (tertiary alicyclic amines) is 1. The predicted molar refractivity (Wildman–Crippen MR) is 71.0 cm³/mol. The van der Waals surface area contributed by atoms with Crippen molar-refractivity contribution in [2.24, 2.45) is 5.41 Å². The SMILES string of the molecule is CCN1CCN(C(=O)N2CCC(C)(C(=O)O)C2)CC1. The van der Waals surface area contributed by atoms with Crippen molar-refractivity contribution >= 4 is 12.0 Å². The number of urea groups is 1. The van der Waals surface area contributed by atoms with Crippen LogP contribution in [0.1, 0.15) is 20.3 Å². The van der Waals surface area contributed by atoms with Crippen molar-refractivity contribution in [1.29, 1.82) is 0 Å².